The number of halogens is 1. The fraction of sp³-hybridized carbons (Fsp3) is 0.412. The van der Waals surface area contributed by atoms with Gasteiger partial charge in [0.1, 0.15) is 6.33 Å². The van der Waals surface area contributed by atoms with Gasteiger partial charge in [-0.15, -0.1) is 0 Å². The van der Waals surface area contributed by atoms with Crippen molar-refractivity contribution in [1.82, 2.24) is 9.97 Å². The van der Waals surface area contributed by atoms with Crippen molar-refractivity contribution in [2.24, 2.45) is 0 Å². The average Bonchev–Trinajstić information content (AvgIpc) is 2.58. The van der Waals surface area contributed by atoms with E-state index in [4.69, 9.17) is 11.6 Å². The molecule has 1 unspecified atom stereocenters. The molecule has 0 bridgehead atoms. The molecule has 1 aromatic carbocycles. The number of nitrogens with zero attached hydrogens (tertiary/aromatic N) is 4. The van der Waals surface area contributed by atoms with Crippen molar-refractivity contribution in [3.63, 3.8) is 0 Å². The molecule has 0 aliphatic carbocycles. The Morgan fingerprint density at radius 3 is 2.84 bits per heavy atom. The van der Waals surface area contributed by atoms with Crippen LogP contribution in [0.15, 0.2) is 24.5 Å². The zero-order valence-electron chi connectivity index (χ0n) is 14.2. The molecule has 1 fully saturated rings. The maximum Gasteiger partial charge on any atom is 0.353 e. The minimum atomic E-state index is -0.422. The van der Waals surface area contributed by atoms with E-state index in [0.717, 1.165) is 31.4 Å². The molecule has 2 aromatic rings. The topological polar surface area (TPSA) is 84.2 Å². The lowest BCUT2D eigenvalue weighted by atomic mass is 10.0. The van der Waals surface area contributed by atoms with Crippen molar-refractivity contribution in [2.45, 2.75) is 39.2 Å². The summed E-state index contributed by atoms with van der Waals surface area (Å²) in [4.78, 5) is 21.6. The van der Waals surface area contributed by atoms with Gasteiger partial charge in [-0.2, -0.15) is 0 Å². The van der Waals surface area contributed by atoms with Gasteiger partial charge in [0.05, 0.1) is 4.92 Å². The fourth-order valence-corrected chi connectivity index (χ4v) is 3.24. The van der Waals surface area contributed by atoms with Crippen molar-refractivity contribution in [3.05, 3.63) is 45.2 Å². The van der Waals surface area contributed by atoms with Crippen LogP contribution in [0.2, 0.25) is 5.02 Å². The predicted octanol–water partition coefficient (Wildman–Crippen LogP) is 4.47. The number of aryl methyl sites for hydroxylation is 1. The van der Waals surface area contributed by atoms with E-state index in [0.29, 0.717) is 16.5 Å². The molecule has 1 aliphatic heterocycles. The molecule has 0 saturated carbocycles. The van der Waals surface area contributed by atoms with E-state index in [2.05, 4.69) is 22.2 Å². The molecule has 1 N–H and O–H groups in total. The van der Waals surface area contributed by atoms with E-state index in [9.17, 15) is 10.1 Å². The number of hydrogen-bond donors (Lipinski definition) is 1. The van der Waals surface area contributed by atoms with Crippen LogP contribution >= 0.6 is 11.6 Å². The number of nitro groups is 1. The SMILES string of the molecule is Cc1ccc(Nc2ncnc(N3CCCCC3C)c2[N+](=O)[O-])cc1Cl. The van der Waals surface area contributed by atoms with Gasteiger partial charge in [0.25, 0.3) is 0 Å². The monoisotopic (exact) mass is 361 g/mol. The summed E-state index contributed by atoms with van der Waals surface area (Å²) in [6.07, 6.45) is 4.49. The Morgan fingerprint density at radius 1 is 1.36 bits per heavy atom. The molecule has 1 atom stereocenters. The molecule has 1 saturated heterocycles. The van der Waals surface area contributed by atoms with E-state index in [1.165, 1.54) is 6.33 Å². The molecule has 1 aliphatic rings. The third kappa shape index (κ3) is 3.66. The largest absolute Gasteiger partial charge is 0.353 e. The molecule has 132 valence electrons. The molecule has 1 aromatic heterocycles. The zero-order valence-corrected chi connectivity index (χ0v) is 15.0. The van der Waals surface area contributed by atoms with Crippen LogP contribution in [0.4, 0.5) is 23.0 Å². The van der Waals surface area contributed by atoms with Gasteiger partial charge < -0.3 is 10.2 Å². The van der Waals surface area contributed by atoms with Gasteiger partial charge in [-0.1, -0.05) is 17.7 Å². The summed E-state index contributed by atoms with van der Waals surface area (Å²) in [6.45, 7) is 4.72. The molecule has 0 radical (unpaired) electrons. The van der Waals surface area contributed by atoms with Crippen LogP contribution in [0.1, 0.15) is 31.7 Å². The minimum Gasteiger partial charge on any atom is -0.348 e. The summed E-state index contributed by atoms with van der Waals surface area (Å²) in [6, 6.07) is 5.61. The minimum absolute atomic E-state index is 0.104. The van der Waals surface area contributed by atoms with E-state index in [1.807, 2.05) is 24.0 Å². The van der Waals surface area contributed by atoms with Crippen molar-refractivity contribution in [1.29, 1.82) is 0 Å². The van der Waals surface area contributed by atoms with Crippen LogP contribution in [-0.2, 0) is 0 Å². The van der Waals surface area contributed by atoms with Crippen molar-refractivity contribution in [3.8, 4) is 0 Å². The van der Waals surface area contributed by atoms with Crippen molar-refractivity contribution >= 4 is 34.6 Å². The Morgan fingerprint density at radius 2 is 2.16 bits per heavy atom. The first kappa shape index (κ1) is 17.4. The van der Waals surface area contributed by atoms with Crippen LogP contribution in [0, 0.1) is 17.0 Å². The molecule has 25 heavy (non-hydrogen) atoms. The predicted molar refractivity (Wildman–Crippen MR) is 98.8 cm³/mol. The van der Waals surface area contributed by atoms with E-state index >= 15 is 0 Å². The number of aromatic nitrogens is 2. The number of benzene rings is 1. The maximum atomic E-state index is 11.7. The molecular formula is C17H20ClN5O2. The second-order valence-corrected chi connectivity index (χ2v) is 6.69. The quantitative estimate of drug-likeness (QED) is 0.638. The highest BCUT2D eigenvalue weighted by molar-refractivity contribution is 6.31. The Kier molecular flexibility index (Phi) is 5.03. The first-order chi connectivity index (χ1) is 12.0. The van der Waals surface area contributed by atoms with Crippen LogP contribution in [0.25, 0.3) is 0 Å². The van der Waals surface area contributed by atoms with Gasteiger partial charge in [0.2, 0.25) is 11.6 Å². The Labute approximate surface area is 151 Å². The summed E-state index contributed by atoms with van der Waals surface area (Å²) in [7, 11) is 0. The summed E-state index contributed by atoms with van der Waals surface area (Å²) < 4.78 is 0. The molecule has 7 nitrogen and oxygen atoms in total. The summed E-state index contributed by atoms with van der Waals surface area (Å²) in [5.74, 6) is 0.542. The number of anilines is 3. The highest BCUT2D eigenvalue weighted by Gasteiger charge is 2.30. The lowest BCUT2D eigenvalue weighted by Gasteiger charge is -2.33. The van der Waals surface area contributed by atoms with Crippen molar-refractivity contribution < 1.29 is 4.92 Å². The van der Waals surface area contributed by atoms with Gasteiger partial charge in [-0.25, -0.2) is 9.97 Å². The third-order valence-corrected chi connectivity index (χ3v) is 4.90. The average molecular weight is 362 g/mol. The standard InChI is InChI=1S/C17H20ClN5O2/c1-11-6-7-13(9-14(11)18)21-16-15(23(24)25)17(20-10-19-16)22-8-4-3-5-12(22)2/h6-7,9-10,12H,3-5,8H2,1-2H3,(H,19,20,21). The van der Waals surface area contributed by atoms with Crippen LogP contribution in [-0.4, -0.2) is 27.5 Å². The molecule has 0 spiro atoms. The smallest absolute Gasteiger partial charge is 0.348 e. The summed E-state index contributed by atoms with van der Waals surface area (Å²) in [5.41, 5.74) is 1.48. The van der Waals surface area contributed by atoms with Gasteiger partial charge in [0, 0.05) is 23.3 Å². The maximum absolute atomic E-state index is 11.7. The summed E-state index contributed by atoms with van der Waals surface area (Å²) in [5, 5.41) is 15.3. The second-order valence-electron chi connectivity index (χ2n) is 6.28. The summed E-state index contributed by atoms with van der Waals surface area (Å²) >= 11 is 6.14. The van der Waals surface area contributed by atoms with Crippen LogP contribution < -0.4 is 10.2 Å². The second kappa shape index (κ2) is 7.23. The number of piperidine rings is 1. The van der Waals surface area contributed by atoms with Gasteiger partial charge in [0.15, 0.2) is 0 Å². The highest BCUT2D eigenvalue weighted by atomic mass is 35.5. The third-order valence-electron chi connectivity index (χ3n) is 4.50. The molecule has 0 amide bonds. The molecule has 2 heterocycles. The number of hydrogen-bond acceptors (Lipinski definition) is 6. The fourth-order valence-electron chi connectivity index (χ4n) is 3.06. The molecule has 8 heteroatoms. The molecular weight excluding hydrogens is 342 g/mol. The first-order valence-corrected chi connectivity index (χ1v) is 8.64. The Bertz CT molecular complexity index is 799. The lowest BCUT2D eigenvalue weighted by molar-refractivity contribution is -0.383. The van der Waals surface area contributed by atoms with E-state index < -0.39 is 4.92 Å². The van der Waals surface area contributed by atoms with Crippen molar-refractivity contribution in [2.75, 3.05) is 16.8 Å². The van der Waals surface area contributed by atoms with Gasteiger partial charge in [-0.3, -0.25) is 10.1 Å². The van der Waals surface area contributed by atoms with E-state index in [-0.39, 0.29) is 17.5 Å². The lowest BCUT2D eigenvalue weighted by Crippen LogP contribution is -2.38. The zero-order chi connectivity index (χ0) is 18.0. The Balaban J connectivity index is 2.00. The van der Waals surface area contributed by atoms with Crippen LogP contribution in [0.5, 0.6) is 0 Å². The normalized spacial score (nSPS) is 17.4. The van der Waals surface area contributed by atoms with E-state index in [1.54, 1.807) is 6.07 Å². The van der Waals surface area contributed by atoms with Crippen LogP contribution in [0.3, 0.4) is 0 Å². The van der Waals surface area contributed by atoms with Gasteiger partial charge >= 0.3 is 5.69 Å². The number of rotatable bonds is 4. The number of nitrogens with one attached hydrogen (secondary N) is 1. The molecule has 3 rings (SSSR count). The highest BCUT2D eigenvalue weighted by Crippen LogP contribution is 2.36. The Hall–Kier alpha value is -2.41. The van der Waals surface area contributed by atoms with Gasteiger partial charge in [-0.05, 0) is 50.8 Å². The first-order valence-electron chi connectivity index (χ1n) is 8.26.